The zero-order valence-electron chi connectivity index (χ0n) is 13.9. The summed E-state index contributed by atoms with van der Waals surface area (Å²) in [6.45, 7) is 13.2. The van der Waals surface area contributed by atoms with Gasteiger partial charge in [0.25, 0.3) is 0 Å². The molecule has 4 nitrogen and oxygen atoms in total. The van der Waals surface area contributed by atoms with Gasteiger partial charge in [0.05, 0.1) is 0 Å². The number of rotatable bonds is 7. The summed E-state index contributed by atoms with van der Waals surface area (Å²) in [6.07, 6.45) is 0. The van der Waals surface area contributed by atoms with Crippen molar-refractivity contribution in [2.24, 2.45) is 0 Å². The standard InChI is InChI=1S/C17H27NO3/c1-11(2)15-10-16(21-14(6)19)13(5)9-17(15)20-8-7-18-12(3)4/h9-12,18H,7-8H2,1-6H3. The minimum Gasteiger partial charge on any atom is -0.492 e. The second kappa shape index (κ2) is 8.03. The molecular weight excluding hydrogens is 266 g/mol. The Labute approximate surface area is 127 Å². The Morgan fingerprint density at radius 3 is 2.38 bits per heavy atom. The SMILES string of the molecule is CC(=O)Oc1cc(C(C)C)c(OCCNC(C)C)cc1C. The van der Waals surface area contributed by atoms with E-state index in [2.05, 4.69) is 33.0 Å². The Balaban J connectivity index is 2.87. The maximum atomic E-state index is 11.1. The summed E-state index contributed by atoms with van der Waals surface area (Å²) in [5, 5.41) is 3.32. The fourth-order valence-corrected chi connectivity index (χ4v) is 2.03. The van der Waals surface area contributed by atoms with E-state index < -0.39 is 0 Å². The molecule has 0 saturated heterocycles. The fourth-order valence-electron chi connectivity index (χ4n) is 2.03. The van der Waals surface area contributed by atoms with Crippen molar-refractivity contribution < 1.29 is 14.3 Å². The van der Waals surface area contributed by atoms with E-state index in [-0.39, 0.29) is 5.97 Å². The Kier molecular flexibility index (Phi) is 6.69. The molecule has 0 saturated carbocycles. The van der Waals surface area contributed by atoms with Crippen molar-refractivity contribution in [1.29, 1.82) is 0 Å². The third-order valence-corrected chi connectivity index (χ3v) is 3.10. The third-order valence-electron chi connectivity index (χ3n) is 3.10. The first-order valence-corrected chi connectivity index (χ1v) is 7.50. The van der Waals surface area contributed by atoms with Crippen LogP contribution >= 0.6 is 0 Å². The summed E-state index contributed by atoms with van der Waals surface area (Å²) < 4.78 is 11.1. The Bertz CT molecular complexity index is 481. The van der Waals surface area contributed by atoms with Crippen LogP contribution in [0, 0.1) is 6.92 Å². The van der Waals surface area contributed by atoms with Crippen LogP contribution in [0.2, 0.25) is 0 Å². The van der Waals surface area contributed by atoms with E-state index in [1.807, 2.05) is 19.1 Å². The highest BCUT2D eigenvalue weighted by Gasteiger charge is 2.13. The summed E-state index contributed by atoms with van der Waals surface area (Å²) in [4.78, 5) is 11.1. The van der Waals surface area contributed by atoms with Crippen LogP contribution in [-0.2, 0) is 4.79 Å². The molecular formula is C17H27NO3. The molecule has 1 aromatic rings. The molecule has 21 heavy (non-hydrogen) atoms. The molecule has 1 N–H and O–H groups in total. The Morgan fingerprint density at radius 1 is 1.19 bits per heavy atom. The predicted molar refractivity (Wildman–Crippen MR) is 85.2 cm³/mol. The number of esters is 1. The van der Waals surface area contributed by atoms with Gasteiger partial charge in [-0.25, -0.2) is 0 Å². The molecule has 0 spiro atoms. The lowest BCUT2D eigenvalue weighted by molar-refractivity contribution is -0.131. The van der Waals surface area contributed by atoms with Gasteiger partial charge < -0.3 is 14.8 Å². The zero-order chi connectivity index (χ0) is 16.0. The molecule has 0 aliphatic carbocycles. The molecule has 0 heterocycles. The average Bonchev–Trinajstić information content (AvgIpc) is 2.36. The normalized spacial score (nSPS) is 11.0. The monoisotopic (exact) mass is 293 g/mol. The van der Waals surface area contributed by atoms with Crippen molar-refractivity contribution in [2.45, 2.75) is 53.5 Å². The van der Waals surface area contributed by atoms with Crippen LogP contribution in [0.1, 0.15) is 51.7 Å². The van der Waals surface area contributed by atoms with E-state index in [0.717, 1.165) is 23.4 Å². The van der Waals surface area contributed by atoms with Gasteiger partial charge in [-0.3, -0.25) is 4.79 Å². The van der Waals surface area contributed by atoms with Gasteiger partial charge in [0.1, 0.15) is 18.1 Å². The number of nitrogens with one attached hydrogen (secondary N) is 1. The van der Waals surface area contributed by atoms with Crippen LogP contribution in [0.3, 0.4) is 0 Å². The molecule has 0 fully saturated rings. The minimum atomic E-state index is -0.303. The topological polar surface area (TPSA) is 47.6 Å². The van der Waals surface area contributed by atoms with E-state index in [1.165, 1.54) is 6.92 Å². The number of benzene rings is 1. The van der Waals surface area contributed by atoms with Crippen molar-refractivity contribution in [2.75, 3.05) is 13.2 Å². The van der Waals surface area contributed by atoms with Gasteiger partial charge in [0.15, 0.2) is 0 Å². The average molecular weight is 293 g/mol. The molecule has 1 rings (SSSR count). The maximum Gasteiger partial charge on any atom is 0.308 e. The Hall–Kier alpha value is -1.55. The highest BCUT2D eigenvalue weighted by atomic mass is 16.5. The van der Waals surface area contributed by atoms with Gasteiger partial charge in [-0.15, -0.1) is 0 Å². The fraction of sp³-hybridized carbons (Fsp3) is 0.588. The lowest BCUT2D eigenvalue weighted by Gasteiger charge is -2.18. The van der Waals surface area contributed by atoms with Crippen LogP contribution in [0.15, 0.2) is 12.1 Å². The van der Waals surface area contributed by atoms with Crippen molar-refractivity contribution in [3.8, 4) is 11.5 Å². The van der Waals surface area contributed by atoms with E-state index in [4.69, 9.17) is 9.47 Å². The maximum absolute atomic E-state index is 11.1. The van der Waals surface area contributed by atoms with Crippen LogP contribution in [0.4, 0.5) is 0 Å². The molecule has 118 valence electrons. The molecule has 0 bridgehead atoms. The molecule has 1 aromatic carbocycles. The molecule has 0 aromatic heterocycles. The first-order valence-electron chi connectivity index (χ1n) is 7.50. The van der Waals surface area contributed by atoms with Gasteiger partial charge in [-0.2, -0.15) is 0 Å². The molecule has 4 heteroatoms. The van der Waals surface area contributed by atoms with E-state index >= 15 is 0 Å². The van der Waals surface area contributed by atoms with Crippen molar-refractivity contribution >= 4 is 5.97 Å². The van der Waals surface area contributed by atoms with Gasteiger partial charge in [-0.05, 0) is 30.5 Å². The summed E-state index contributed by atoms with van der Waals surface area (Å²) in [5.74, 6) is 1.47. The summed E-state index contributed by atoms with van der Waals surface area (Å²) in [5.41, 5.74) is 1.96. The van der Waals surface area contributed by atoms with Crippen LogP contribution in [0.25, 0.3) is 0 Å². The molecule has 0 aliphatic heterocycles. The van der Waals surface area contributed by atoms with Crippen LogP contribution < -0.4 is 14.8 Å². The van der Waals surface area contributed by atoms with E-state index in [1.54, 1.807) is 0 Å². The number of hydrogen-bond acceptors (Lipinski definition) is 4. The number of carbonyl (C=O) groups is 1. The predicted octanol–water partition coefficient (Wildman–Crippen LogP) is 3.42. The van der Waals surface area contributed by atoms with Gasteiger partial charge in [-0.1, -0.05) is 27.7 Å². The first kappa shape index (κ1) is 17.5. The number of carbonyl (C=O) groups excluding carboxylic acids is 1. The minimum absolute atomic E-state index is 0.299. The molecule has 0 amide bonds. The van der Waals surface area contributed by atoms with Crippen LogP contribution in [-0.4, -0.2) is 25.2 Å². The third kappa shape index (κ3) is 5.76. The van der Waals surface area contributed by atoms with Gasteiger partial charge in [0, 0.05) is 25.1 Å². The summed E-state index contributed by atoms with van der Waals surface area (Å²) in [7, 11) is 0. The number of ether oxygens (including phenoxy) is 2. The van der Waals surface area contributed by atoms with Crippen LogP contribution in [0.5, 0.6) is 11.5 Å². The zero-order valence-corrected chi connectivity index (χ0v) is 13.9. The highest BCUT2D eigenvalue weighted by molar-refractivity contribution is 5.70. The van der Waals surface area contributed by atoms with E-state index in [9.17, 15) is 4.79 Å². The number of aryl methyl sites for hydroxylation is 1. The molecule has 0 atom stereocenters. The largest absolute Gasteiger partial charge is 0.492 e. The summed E-state index contributed by atoms with van der Waals surface area (Å²) >= 11 is 0. The smallest absolute Gasteiger partial charge is 0.308 e. The second-order valence-electron chi connectivity index (χ2n) is 5.86. The van der Waals surface area contributed by atoms with Crippen molar-refractivity contribution in [1.82, 2.24) is 5.32 Å². The highest BCUT2D eigenvalue weighted by Crippen LogP contribution is 2.33. The lowest BCUT2D eigenvalue weighted by atomic mass is 10.00. The van der Waals surface area contributed by atoms with E-state index in [0.29, 0.717) is 24.3 Å². The second-order valence-corrected chi connectivity index (χ2v) is 5.86. The number of hydrogen-bond donors (Lipinski definition) is 1. The molecule has 0 unspecified atom stereocenters. The quantitative estimate of drug-likeness (QED) is 0.475. The van der Waals surface area contributed by atoms with Gasteiger partial charge >= 0.3 is 5.97 Å². The Morgan fingerprint density at radius 2 is 1.86 bits per heavy atom. The van der Waals surface area contributed by atoms with Gasteiger partial charge in [0.2, 0.25) is 0 Å². The molecule has 0 radical (unpaired) electrons. The van der Waals surface area contributed by atoms with Crippen molar-refractivity contribution in [3.05, 3.63) is 23.3 Å². The van der Waals surface area contributed by atoms with Crippen molar-refractivity contribution in [3.63, 3.8) is 0 Å². The lowest BCUT2D eigenvalue weighted by Crippen LogP contribution is -2.27. The molecule has 0 aliphatic rings. The summed E-state index contributed by atoms with van der Waals surface area (Å²) in [6, 6.07) is 4.31. The first-order chi connectivity index (χ1) is 9.81.